The van der Waals surface area contributed by atoms with Gasteiger partial charge in [0.05, 0.1) is 26.9 Å². The number of benzene rings is 2. The zero-order valence-corrected chi connectivity index (χ0v) is 20.7. The number of carbonyl (C=O) groups is 1. The molecule has 0 atom stereocenters. The van der Waals surface area contributed by atoms with Crippen molar-refractivity contribution in [3.8, 4) is 28.4 Å². The number of hydrogen-bond donors (Lipinski definition) is 2. The Morgan fingerprint density at radius 2 is 1.82 bits per heavy atom. The average molecular weight is 554 g/mol. The van der Waals surface area contributed by atoms with Gasteiger partial charge in [0.1, 0.15) is 5.75 Å². The predicted molar refractivity (Wildman–Crippen MR) is 137 cm³/mol. The van der Waals surface area contributed by atoms with E-state index in [1.807, 2.05) is 18.0 Å². The SMILES string of the molecule is Cc1cc(-c2ccnc(F)c2)nc2ccc(Oc3c(Cl)cc(-n4nc(C(=O)O)c(=O)[nH]c4=O)cc3Cl)cc12. The summed E-state index contributed by atoms with van der Waals surface area (Å²) >= 11 is 12.8. The number of halogens is 3. The zero-order valence-electron chi connectivity index (χ0n) is 19.2. The van der Waals surface area contributed by atoms with Crippen LogP contribution in [0.25, 0.3) is 27.8 Å². The minimum absolute atomic E-state index is 0.00530. The number of pyridine rings is 2. The number of aryl methyl sites for hydroxylation is 1. The number of nitrogens with zero attached hydrogens (tertiary/aromatic N) is 4. The number of fused-ring (bicyclic) bond motifs is 1. The number of rotatable bonds is 5. The van der Waals surface area contributed by atoms with Crippen LogP contribution in [-0.4, -0.2) is 35.8 Å². The normalized spacial score (nSPS) is 11.1. The fourth-order valence-corrected chi connectivity index (χ4v) is 4.30. The summed E-state index contributed by atoms with van der Waals surface area (Å²) in [6.45, 7) is 1.88. The lowest BCUT2D eigenvalue weighted by molar-refractivity contribution is 0.0685. The first-order valence-electron chi connectivity index (χ1n) is 10.8. The first-order chi connectivity index (χ1) is 18.1. The summed E-state index contributed by atoms with van der Waals surface area (Å²) in [5, 5.41) is 13.5. The molecule has 0 spiro atoms. The van der Waals surface area contributed by atoms with Crippen LogP contribution < -0.4 is 16.0 Å². The van der Waals surface area contributed by atoms with Crippen LogP contribution in [-0.2, 0) is 0 Å². The molecule has 0 amide bonds. The summed E-state index contributed by atoms with van der Waals surface area (Å²) < 4.78 is 20.1. The summed E-state index contributed by atoms with van der Waals surface area (Å²) in [6, 6.07) is 12.5. The Morgan fingerprint density at radius 1 is 1.08 bits per heavy atom. The quantitative estimate of drug-likeness (QED) is 0.296. The van der Waals surface area contributed by atoms with Crippen molar-refractivity contribution in [2.75, 3.05) is 0 Å². The minimum atomic E-state index is -1.61. The zero-order chi connectivity index (χ0) is 27.1. The molecule has 2 aromatic carbocycles. The van der Waals surface area contributed by atoms with Crippen LogP contribution in [0.1, 0.15) is 16.1 Å². The minimum Gasteiger partial charge on any atom is -0.476 e. The molecule has 3 aromatic heterocycles. The van der Waals surface area contributed by atoms with Gasteiger partial charge in [-0.05, 0) is 55.0 Å². The number of aromatic carboxylic acids is 1. The highest BCUT2D eigenvalue weighted by atomic mass is 35.5. The van der Waals surface area contributed by atoms with Gasteiger partial charge in [0, 0.05) is 23.2 Å². The number of nitrogens with one attached hydrogen (secondary N) is 1. The highest BCUT2D eigenvalue weighted by Crippen LogP contribution is 2.39. The number of carboxylic acids is 1. The Kier molecular flexibility index (Phi) is 6.39. The highest BCUT2D eigenvalue weighted by Gasteiger charge is 2.18. The Bertz CT molecular complexity index is 1870. The molecule has 0 saturated heterocycles. The largest absolute Gasteiger partial charge is 0.476 e. The molecule has 0 aliphatic heterocycles. The van der Waals surface area contributed by atoms with Gasteiger partial charge in [-0.15, -0.1) is 0 Å². The Hall–Kier alpha value is -4.61. The monoisotopic (exact) mass is 553 g/mol. The molecule has 0 fully saturated rings. The van der Waals surface area contributed by atoms with Crippen molar-refractivity contribution in [1.29, 1.82) is 0 Å². The molecule has 0 saturated carbocycles. The van der Waals surface area contributed by atoms with Crippen molar-refractivity contribution in [1.82, 2.24) is 24.7 Å². The van der Waals surface area contributed by atoms with Crippen LogP contribution >= 0.6 is 23.2 Å². The molecule has 190 valence electrons. The number of aromatic nitrogens is 5. The standard InChI is InChI=1S/C25H14Cl2FN5O5/c1-11-6-19(12-4-5-29-20(28)7-12)30-18-3-2-14(10-15(11)18)38-22-16(26)8-13(9-17(22)27)33-25(37)31-23(34)21(32-33)24(35)36/h2-10H,1H3,(H,35,36)(H,31,34,37). The summed E-state index contributed by atoms with van der Waals surface area (Å²) in [4.78, 5) is 45.2. The second-order valence-corrected chi connectivity index (χ2v) is 8.85. The van der Waals surface area contributed by atoms with Crippen LogP contribution in [0.3, 0.4) is 0 Å². The number of carboxylic acid groups (broad SMARTS) is 1. The third-order valence-corrected chi connectivity index (χ3v) is 6.05. The second kappa shape index (κ2) is 9.69. The predicted octanol–water partition coefficient (Wildman–Crippen LogP) is 4.78. The number of aromatic amines is 1. The summed E-state index contributed by atoms with van der Waals surface area (Å²) in [6.07, 6.45) is 1.37. The maximum Gasteiger partial charge on any atom is 0.362 e. The first kappa shape index (κ1) is 25.1. The highest BCUT2D eigenvalue weighted by molar-refractivity contribution is 6.37. The van der Waals surface area contributed by atoms with Gasteiger partial charge in [-0.25, -0.2) is 19.6 Å². The van der Waals surface area contributed by atoms with Gasteiger partial charge >= 0.3 is 11.7 Å². The molecule has 0 aliphatic rings. The second-order valence-electron chi connectivity index (χ2n) is 8.04. The molecular weight excluding hydrogens is 540 g/mol. The lowest BCUT2D eigenvalue weighted by Gasteiger charge is -2.13. The molecule has 5 aromatic rings. The van der Waals surface area contributed by atoms with E-state index in [-0.39, 0.29) is 21.5 Å². The van der Waals surface area contributed by atoms with Crippen molar-refractivity contribution in [2.24, 2.45) is 0 Å². The van der Waals surface area contributed by atoms with Crippen LogP contribution in [0.5, 0.6) is 11.5 Å². The lowest BCUT2D eigenvalue weighted by atomic mass is 10.1. The molecule has 13 heteroatoms. The van der Waals surface area contributed by atoms with Crippen LogP contribution in [0.15, 0.2) is 64.3 Å². The maximum atomic E-state index is 13.6. The van der Waals surface area contributed by atoms with Gasteiger partial charge in [-0.1, -0.05) is 23.2 Å². The van der Waals surface area contributed by atoms with E-state index >= 15 is 0 Å². The van der Waals surface area contributed by atoms with E-state index in [0.717, 1.165) is 10.9 Å². The van der Waals surface area contributed by atoms with Crippen LogP contribution in [0.2, 0.25) is 10.0 Å². The van der Waals surface area contributed by atoms with Gasteiger partial charge in [0.15, 0.2) is 5.75 Å². The topological polar surface area (TPSA) is 140 Å². The van der Waals surface area contributed by atoms with Gasteiger partial charge in [-0.3, -0.25) is 9.78 Å². The molecule has 2 N–H and O–H groups in total. The van der Waals surface area contributed by atoms with Gasteiger partial charge < -0.3 is 9.84 Å². The Balaban J connectivity index is 1.50. The third kappa shape index (κ3) is 4.72. The summed E-state index contributed by atoms with van der Waals surface area (Å²) in [7, 11) is 0. The van der Waals surface area contributed by atoms with Gasteiger partial charge in [0.25, 0.3) is 5.56 Å². The smallest absolute Gasteiger partial charge is 0.362 e. The fraction of sp³-hybridized carbons (Fsp3) is 0.0400. The third-order valence-electron chi connectivity index (χ3n) is 5.49. The van der Waals surface area contributed by atoms with E-state index in [9.17, 15) is 18.8 Å². The molecule has 5 rings (SSSR count). The first-order valence-corrected chi connectivity index (χ1v) is 11.5. The van der Waals surface area contributed by atoms with E-state index in [0.29, 0.717) is 27.2 Å². The van der Waals surface area contributed by atoms with Gasteiger partial charge in [0.2, 0.25) is 11.6 Å². The Labute approximate surface area is 221 Å². The molecule has 0 unspecified atom stereocenters. The van der Waals surface area contributed by atoms with E-state index in [2.05, 4.69) is 15.1 Å². The number of hydrogen-bond acceptors (Lipinski definition) is 7. The Morgan fingerprint density at radius 3 is 2.50 bits per heavy atom. The fourth-order valence-electron chi connectivity index (χ4n) is 3.75. The summed E-state index contributed by atoms with van der Waals surface area (Å²) in [5.74, 6) is -1.76. The van der Waals surface area contributed by atoms with E-state index in [1.165, 1.54) is 24.4 Å². The molecule has 10 nitrogen and oxygen atoms in total. The van der Waals surface area contributed by atoms with Gasteiger partial charge in [-0.2, -0.15) is 14.2 Å². The average Bonchev–Trinajstić information content (AvgIpc) is 2.86. The van der Waals surface area contributed by atoms with Crippen molar-refractivity contribution in [3.05, 3.63) is 103 Å². The van der Waals surface area contributed by atoms with Crippen LogP contribution in [0.4, 0.5) is 4.39 Å². The van der Waals surface area contributed by atoms with E-state index in [1.54, 1.807) is 24.3 Å². The molecule has 0 aliphatic carbocycles. The molecule has 38 heavy (non-hydrogen) atoms. The number of ether oxygens (including phenoxy) is 1. The summed E-state index contributed by atoms with van der Waals surface area (Å²) in [5.41, 5.74) is -0.307. The van der Waals surface area contributed by atoms with Crippen molar-refractivity contribution < 1.29 is 19.0 Å². The van der Waals surface area contributed by atoms with Crippen molar-refractivity contribution >= 4 is 40.1 Å². The van der Waals surface area contributed by atoms with Crippen LogP contribution in [0, 0.1) is 12.9 Å². The van der Waals surface area contributed by atoms with Crippen molar-refractivity contribution in [3.63, 3.8) is 0 Å². The lowest BCUT2D eigenvalue weighted by Crippen LogP contribution is -2.35. The van der Waals surface area contributed by atoms with E-state index < -0.39 is 28.9 Å². The molecular formula is C25H14Cl2FN5O5. The van der Waals surface area contributed by atoms with E-state index in [4.69, 9.17) is 33.0 Å². The molecule has 0 bridgehead atoms. The van der Waals surface area contributed by atoms with Crippen molar-refractivity contribution in [2.45, 2.75) is 6.92 Å². The molecule has 3 heterocycles. The maximum absolute atomic E-state index is 13.6. The number of H-pyrrole nitrogens is 1. The molecule has 0 radical (unpaired) electrons.